The first kappa shape index (κ1) is 25.4. The smallest absolute Gasteiger partial charge is 0.233 e. The number of thioether (sulfide) groups is 1. The van der Waals surface area contributed by atoms with Crippen LogP contribution in [0.3, 0.4) is 0 Å². The second kappa shape index (κ2) is 9.38. The molecule has 39 heavy (non-hydrogen) atoms. The number of nitrogens with one attached hydrogen (secondary N) is 1. The number of hydrogen-bond acceptors (Lipinski definition) is 12. The number of amidine groups is 1. The fraction of sp³-hybridized carbons (Fsp3) is 0.360. The van der Waals surface area contributed by atoms with Crippen LogP contribution in [0.1, 0.15) is 30.6 Å². The maximum atomic E-state index is 15.3. The largest absolute Gasteiger partial charge is 0.468 e. The SMILES string of the molecule is COC[C@]12C[C@H]1[C@@](C)(c1cc(Nc3nccc4nc(OCc5noc(C)n5)cnc34)cc(F)c1F)N=C(N)S2. The molecule has 4 aromatic rings. The molecule has 0 amide bonds. The second-order valence-corrected chi connectivity index (χ2v) is 11.1. The molecule has 2 aliphatic rings. The van der Waals surface area contributed by atoms with E-state index < -0.39 is 17.2 Å². The number of aromatic nitrogens is 5. The van der Waals surface area contributed by atoms with Crippen molar-refractivity contribution in [3.8, 4) is 5.88 Å². The average molecular weight is 555 g/mol. The number of rotatable bonds is 8. The fourth-order valence-electron chi connectivity index (χ4n) is 5.12. The zero-order chi connectivity index (χ0) is 27.4. The molecule has 3 N–H and O–H groups in total. The summed E-state index contributed by atoms with van der Waals surface area (Å²) in [7, 11) is 1.61. The number of anilines is 2. The maximum Gasteiger partial charge on any atom is 0.233 e. The standard InChI is InChI=1S/C25H24F2N8O3S/c1-12-31-18(35-38-12)10-37-19-9-30-21-16(33-19)4-5-29-22(21)32-13-6-14(20(27)15(26)7-13)24(2)17-8-25(17,11-36-3)39-23(28)34-24/h4-7,9,17H,8,10-11H2,1-3H3,(H2,28,34)(H,29,32)/t17-,24+,25+/m0/s1. The van der Waals surface area contributed by atoms with Gasteiger partial charge in [0.1, 0.15) is 5.52 Å². The Hall–Kier alpha value is -3.91. The van der Waals surface area contributed by atoms with Crippen molar-refractivity contribution in [3.63, 3.8) is 0 Å². The lowest BCUT2D eigenvalue weighted by Crippen LogP contribution is -2.37. The number of methoxy groups -OCH3 is 1. The van der Waals surface area contributed by atoms with Gasteiger partial charge < -0.3 is 25.0 Å². The molecule has 0 bridgehead atoms. The molecule has 0 saturated heterocycles. The van der Waals surface area contributed by atoms with Gasteiger partial charge in [-0.25, -0.2) is 23.7 Å². The van der Waals surface area contributed by atoms with Gasteiger partial charge >= 0.3 is 0 Å². The second-order valence-electron chi connectivity index (χ2n) is 9.65. The van der Waals surface area contributed by atoms with Gasteiger partial charge in [0.2, 0.25) is 17.6 Å². The molecular formula is C25H24F2N8O3S. The van der Waals surface area contributed by atoms with E-state index in [1.54, 1.807) is 33.1 Å². The molecule has 3 atom stereocenters. The monoisotopic (exact) mass is 554 g/mol. The number of aryl methyl sites for hydroxylation is 1. The highest BCUT2D eigenvalue weighted by Crippen LogP contribution is 2.66. The van der Waals surface area contributed by atoms with E-state index in [0.29, 0.717) is 40.3 Å². The van der Waals surface area contributed by atoms with E-state index in [1.807, 2.05) is 0 Å². The maximum absolute atomic E-state index is 15.3. The minimum Gasteiger partial charge on any atom is -0.468 e. The highest BCUT2D eigenvalue weighted by molar-refractivity contribution is 8.15. The van der Waals surface area contributed by atoms with Crippen molar-refractivity contribution in [1.29, 1.82) is 0 Å². The number of nitrogens with two attached hydrogens (primary N) is 1. The Kier molecular flexibility index (Phi) is 6.10. The van der Waals surface area contributed by atoms with Crippen LogP contribution in [-0.2, 0) is 16.9 Å². The van der Waals surface area contributed by atoms with Crippen LogP contribution in [0.4, 0.5) is 20.3 Å². The molecule has 1 fully saturated rings. The summed E-state index contributed by atoms with van der Waals surface area (Å²) in [6, 6.07) is 4.27. The first-order valence-electron chi connectivity index (χ1n) is 12.0. The van der Waals surface area contributed by atoms with E-state index in [0.717, 1.165) is 12.5 Å². The number of ether oxygens (including phenoxy) is 2. The summed E-state index contributed by atoms with van der Waals surface area (Å²) in [6.45, 7) is 3.96. The van der Waals surface area contributed by atoms with E-state index in [9.17, 15) is 4.39 Å². The third-order valence-electron chi connectivity index (χ3n) is 6.93. The van der Waals surface area contributed by atoms with Gasteiger partial charge in [0.15, 0.2) is 29.2 Å². The van der Waals surface area contributed by atoms with Crippen LogP contribution < -0.4 is 15.8 Å². The van der Waals surface area contributed by atoms with Crippen LogP contribution in [0.25, 0.3) is 11.0 Å². The number of hydrogen-bond donors (Lipinski definition) is 2. The lowest BCUT2D eigenvalue weighted by Gasteiger charge is -2.34. The Morgan fingerprint density at radius 1 is 1.26 bits per heavy atom. The molecule has 1 saturated carbocycles. The van der Waals surface area contributed by atoms with Crippen molar-refractivity contribution in [2.24, 2.45) is 16.6 Å². The summed E-state index contributed by atoms with van der Waals surface area (Å²) in [4.78, 5) is 21.9. The van der Waals surface area contributed by atoms with Gasteiger partial charge in [0, 0.05) is 43.5 Å². The van der Waals surface area contributed by atoms with Crippen LogP contribution in [0, 0.1) is 24.5 Å². The number of nitrogens with zero attached hydrogens (tertiary/aromatic N) is 6. The van der Waals surface area contributed by atoms with E-state index in [1.165, 1.54) is 24.2 Å². The minimum atomic E-state index is -1.06. The molecule has 0 unspecified atom stereocenters. The molecule has 202 valence electrons. The van der Waals surface area contributed by atoms with Gasteiger partial charge in [-0.05, 0) is 25.5 Å². The highest BCUT2D eigenvalue weighted by Gasteiger charge is 2.66. The number of halogens is 2. The van der Waals surface area contributed by atoms with E-state index in [4.69, 9.17) is 19.7 Å². The zero-order valence-electron chi connectivity index (χ0n) is 21.2. The quantitative estimate of drug-likeness (QED) is 0.326. The van der Waals surface area contributed by atoms with Gasteiger partial charge in [-0.15, -0.1) is 0 Å². The average Bonchev–Trinajstić information content (AvgIpc) is 3.47. The van der Waals surface area contributed by atoms with Gasteiger partial charge in [0.25, 0.3) is 0 Å². The predicted molar refractivity (Wildman–Crippen MR) is 140 cm³/mol. The van der Waals surface area contributed by atoms with Crippen molar-refractivity contribution in [3.05, 3.63) is 59.5 Å². The summed E-state index contributed by atoms with van der Waals surface area (Å²) in [5.74, 6) is -0.678. The molecule has 1 aliphatic heterocycles. The van der Waals surface area contributed by atoms with Gasteiger partial charge in [-0.1, -0.05) is 16.9 Å². The molecule has 0 spiro atoms. The van der Waals surface area contributed by atoms with Crippen LogP contribution >= 0.6 is 11.8 Å². The molecule has 3 aromatic heterocycles. The number of fused-ring (bicyclic) bond motifs is 2. The van der Waals surface area contributed by atoms with Crippen molar-refractivity contribution in [2.45, 2.75) is 37.2 Å². The molecule has 4 heterocycles. The Morgan fingerprint density at radius 3 is 2.87 bits per heavy atom. The topological polar surface area (TPSA) is 146 Å². The Labute approximate surface area is 225 Å². The number of aliphatic imine (C=N–C) groups is 1. The van der Waals surface area contributed by atoms with Crippen molar-refractivity contribution in [1.82, 2.24) is 25.1 Å². The van der Waals surface area contributed by atoms with E-state index >= 15 is 4.39 Å². The van der Waals surface area contributed by atoms with Crippen LogP contribution in [-0.4, -0.2) is 48.7 Å². The lowest BCUT2D eigenvalue weighted by atomic mass is 9.85. The summed E-state index contributed by atoms with van der Waals surface area (Å²) in [6.07, 6.45) is 3.68. The Bertz CT molecular complexity index is 1620. The normalized spacial score (nSPS) is 23.8. The van der Waals surface area contributed by atoms with Crippen molar-refractivity contribution in [2.75, 3.05) is 19.0 Å². The first-order valence-corrected chi connectivity index (χ1v) is 12.9. The summed E-state index contributed by atoms with van der Waals surface area (Å²) in [5, 5.41) is 7.16. The van der Waals surface area contributed by atoms with Crippen molar-refractivity contribution >= 4 is 39.5 Å². The van der Waals surface area contributed by atoms with Gasteiger partial charge in [-0.3, -0.25) is 4.99 Å². The zero-order valence-corrected chi connectivity index (χ0v) is 22.1. The third-order valence-corrected chi connectivity index (χ3v) is 8.21. The minimum absolute atomic E-state index is 0.0578. The molecular weight excluding hydrogens is 530 g/mol. The molecule has 11 nitrogen and oxygen atoms in total. The first-order chi connectivity index (χ1) is 18.7. The van der Waals surface area contributed by atoms with Crippen molar-refractivity contribution < 1.29 is 22.8 Å². The molecule has 6 rings (SSSR count). The molecule has 0 radical (unpaired) electrons. The number of pyridine rings is 1. The van der Waals surface area contributed by atoms with Crippen LogP contribution in [0.2, 0.25) is 0 Å². The van der Waals surface area contributed by atoms with Gasteiger partial charge in [-0.2, -0.15) is 4.98 Å². The van der Waals surface area contributed by atoms with Crippen LogP contribution in [0.15, 0.2) is 40.1 Å². The third kappa shape index (κ3) is 4.52. The summed E-state index contributed by atoms with van der Waals surface area (Å²) in [5.41, 5.74) is 6.36. The number of benzene rings is 1. The molecule has 14 heteroatoms. The summed E-state index contributed by atoms with van der Waals surface area (Å²) < 4.78 is 45.8. The predicted octanol–water partition coefficient (Wildman–Crippen LogP) is 4.00. The Morgan fingerprint density at radius 2 is 2.10 bits per heavy atom. The van der Waals surface area contributed by atoms with Crippen LogP contribution in [0.5, 0.6) is 5.88 Å². The Balaban J connectivity index is 1.30. The molecule has 1 aliphatic carbocycles. The lowest BCUT2D eigenvalue weighted by molar-refractivity contribution is 0.184. The van der Waals surface area contributed by atoms with E-state index in [2.05, 4.69) is 35.4 Å². The highest BCUT2D eigenvalue weighted by atomic mass is 32.2. The fourth-order valence-corrected chi connectivity index (χ4v) is 6.57. The van der Waals surface area contributed by atoms with E-state index in [-0.39, 0.29) is 34.4 Å². The molecule has 1 aromatic carbocycles. The van der Waals surface area contributed by atoms with Gasteiger partial charge in [0.05, 0.1) is 28.6 Å². The summed E-state index contributed by atoms with van der Waals surface area (Å²) >= 11 is 1.43.